The van der Waals surface area contributed by atoms with E-state index in [9.17, 15) is 8.78 Å². The summed E-state index contributed by atoms with van der Waals surface area (Å²) >= 11 is 1.70. The molecule has 1 aromatic heterocycles. The SMILES string of the molecule is CCc1cnc(CNCc2ccc(C(F)F)cc2)s1. The lowest BCUT2D eigenvalue weighted by Crippen LogP contribution is -2.12. The highest BCUT2D eigenvalue weighted by Gasteiger charge is 2.05. The van der Waals surface area contributed by atoms with E-state index in [0.717, 1.165) is 17.0 Å². The highest BCUT2D eigenvalue weighted by molar-refractivity contribution is 7.11. The van der Waals surface area contributed by atoms with Crippen molar-refractivity contribution < 1.29 is 8.78 Å². The lowest BCUT2D eigenvalue weighted by atomic mass is 10.1. The molecule has 2 rings (SSSR count). The molecule has 0 fully saturated rings. The number of hydrogen-bond acceptors (Lipinski definition) is 3. The Balaban J connectivity index is 1.82. The van der Waals surface area contributed by atoms with Gasteiger partial charge in [-0.2, -0.15) is 0 Å². The first kappa shape index (κ1) is 14.1. The van der Waals surface area contributed by atoms with Gasteiger partial charge in [0.05, 0.1) is 0 Å². The predicted octanol–water partition coefficient (Wildman–Crippen LogP) is 3.93. The molecule has 0 bridgehead atoms. The Morgan fingerprint density at radius 2 is 1.95 bits per heavy atom. The summed E-state index contributed by atoms with van der Waals surface area (Å²) in [6.45, 7) is 3.47. The number of nitrogens with zero attached hydrogens (tertiary/aromatic N) is 1. The molecule has 0 aliphatic heterocycles. The summed E-state index contributed by atoms with van der Waals surface area (Å²) in [7, 11) is 0. The van der Waals surface area contributed by atoms with Crippen molar-refractivity contribution in [1.82, 2.24) is 10.3 Å². The monoisotopic (exact) mass is 282 g/mol. The molecule has 0 radical (unpaired) electrons. The average Bonchev–Trinajstić information content (AvgIpc) is 2.87. The number of aryl methyl sites for hydroxylation is 1. The summed E-state index contributed by atoms with van der Waals surface area (Å²) in [6, 6.07) is 6.40. The summed E-state index contributed by atoms with van der Waals surface area (Å²) in [5.74, 6) is 0. The largest absolute Gasteiger partial charge is 0.306 e. The number of nitrogens with one attached hydrogen (secondary N) is 1. The van der Waals surface area contributed by atoms with Crippen molar-refractivity contribution in [3.05, 3.63) is 51.5 Å². The summed E-state index contributed by atoms with van der Waals surface area (Å²) in [5, 5.41) is 4.32. The Bertz CT molecular complexity index is 508. The van der Waals surface area contributed by atoms with Crippen molar-refractivity contribution in [2.45, 2.75) is 32.9 Å². The lowest BCUT2D eigenvalue weighted by Gasteiger charge is -2.04. The number of alkyl halides is 2. The van der Waals surface area contributed by atoms with Crippen LogP contribution in [0.25, 0.3) is 0 Å². The molecular formula is C14H16F2N2S. The van der Waals surface area contributed by atoms with Crippen LogP contribution in [0.4, 0.5) is 8.78 Å². The van der Waals surface area contributed by atoms with Crippen LogP contribution in [0.5, 0.6) is 0 Å². The molecule has 0 atom stereocenters. The molecule has 1 heterocycles. The molecule has 2 aromatic rings. The van der Waals surface area contributed by atoms with Gasteiger partial charge in [0, 0.05) is 29.7 Å². The summed E-state index contributed by atoms with van der Waals surface area (Å²) in [5.41, 5.74) is 1.06. The Morgan fingerprint density at radius 1 is 1.21 bits per heavy atom. The summed E-state index contributed by atoms with van der Waals surface area (Å²) < 4.78 is 24.8. The fourth-order valence-electron chi connectivity index (χ4n) is 1.69. The van der Waals surface area contributed by atoms with Crippen molar-refractivity contribution in [2.24, 2.45) is 0 Å². The fraction of sp³-hybridized carbons (Fsp3) is 0.357. The zero-order valence-corrected chi connectivity index (χ0v) is 11.5. The number of benzene rings is 1. The van der Waals surface area contributed by atoms with Gasteiger partial charge in [0.2, 0.25) is 0 Å². The average molecular weight is 282 g/mol. The van der Waals surface area contributed by atoms with Crippen LogP contribution in [0.2, 0.25) is 0 Å². The van der Waals surface area contributed by atoms with Gasteiger partial charge in [0.1, 0.15) is 5.01 Å². The van der Waals surface area contributed by atoms with Crippen molar-refractivity contribution >= 4 is 11.3 Å². The number of thiazole rings is 1. The molecule has 2 nitrogen and oxygen atoms in total. The van der Waals surface area contributed by atoms with E-state index in [2.05, 4.69) is 17.2 Å². The molecule has 0 aliphatic carbocycles. The molecule has 0 saturated heterocycles. The molecule has 5 heteroatoms. The van der Waals surface area contributed by atoms with Crippen molar-refractivity contribution in [2.75, 3.05) is 0 Å². The Hall–Kier alpha value is -1.33. The van der Waals surface area contributed by atoms with Crippen LogP contribution in [-0.4, -0.2) is 4.98 Å². The lowest BCUT2D eigenvalue weighted by molar-refractivity contribution is 0.151. The number of rotatable bonds is 6. The second kappa shape index (κ2) is 6.73. The minimum atomic E-state index is -2.40. The van der Waals surface area contributed by atoms with Crippen molar-refractivity contribution in [1.29, 1.82) is 0 Å². The predicted molar refractivity (Wildman–Crippen MR) is 73.4 cm³/mol. The van der Waals surface area contributed by atoms with E-state index in [-0.39, 0.29) is 5.56 Å². The van der Waals surface area contributed by atoms with E-state index >= 15 is 0 Å². The summed E-state index contributed by atoms with van der Waals surface area (Å²) in [6.07, 6.45) is 0.510. The third kappa shape index (κ3) is 4.08. The van der Waals surface area contributed by atoms with E-state index in [1.807, 2.05) is 6.20 Å². The van der Waals surface area contributed by atoms with Crippen LogP contribution in [0.15, 0.2) is 30.5 Å². The molecule has 0 spiro atoms. The highest BCUT2D eigenvalue weighted by Crippen LogP contribution is 2.18. The van der Waals surface area contributed by atoms with Gasteiger partial charge in [-0.15, -0.1) is 11.3 Å². The van der Waals surface area contributed by atoms with E-state index < -0.39 is 6.43 Å². The molecule has 19 heavy (non-hydrogen) atoms. The van der Waals surface area contributed by atoms with Gasteiger partial charge in [-0.25, -0.2) is 13.8 Å². The number of aromatic nitrogens is 1. The maximum absolute atomic E-state index is 12.4. The quantitative estimate of drug-likeness (QED) is 0.868. The summed E-state index contributed by atoms with van der Waals surface area (Å²) in [4.78, 5) is 5.59. The van der Waals surface area contributed by atoms with Gasteiger partial charge in [0.25, 0.3) is 6.43 Å². The van der Waals surface area contributed by atoms with Crippen molar-refractivity contribution in [3.63, 3.8) is 0 Å². The molecule has 0 amide bonds. The standard InChI is InChI=1S/C14H16F2N2S/c1-2-12-8-18-13(19-12)9-17-7-10-3-5-11(6-4-10)14(15)16/h3-6,8,14,17H,2,7,9H2,1H3. The van der Waals surface area contributed by atoms with Crippen LogP contribution < -0.4 is 5.32 Å². The van der Waals surface area contributed by atoms with E-state index in [0.29, 0.717) is 13.1 Å². The Morgan fingerprint density at radius 3 is 2.53 bits per heavy atom. The van der Waals surface area contributed by atoms with Gasteiger partial charge in [-0.3, -0.25) is 0 Å². The van der Waals surface area contributed by atoms with Gasteiger partial charge in [-0.1, -0.05) is 31.2 Å². The minimum absolute atomic E-state index is 0.0660. The Kier molecular flexibility index (Phi) is 4.99. The van der Waals surface area contributed by atoms with Gasteiger partial charge >= 0.3 is 0 Å². The van der Waals surface area contributed by atoms with Crippen molar-refractivity contribution in [3.8, 4) is 0 Å². The highest BCUT2D eigenvalue weighted by atomic mass is 32.1. The number of halogens is 2. The normalized spacial score (nSPS) is 11.2. The molecule has 0 unspecified atom stereocenters. The van der Waals surface area contributed by atoms with Crippen LogP contribution >= 0.6 is 11.3 Å². The molecule has 1 aromatic carbocycles. The van der Waals surface area contributed by atoms with Gasteiger partial charge in [0.15, 0.2) is 0 Å². The second-order valence-electron chi connectivity index (χ2n) is 4.22. The smallest absolute Gasteiger partial charge is 0.263 e. The zero-order valence-electron chi connectivity index (χ0n) is 10.7. The molecule has 0 aliphatic rings. The van der Waals surface area contributed by atoms with E-state index in [1.54, 1.807) is 23.5 Å². The molecule has 0 saturated carbocycles. The first-order chi connectivity index (χ1) is 9.19. The third-order valence-electron chi connectivity index (χ3n) is 2.79. The van der Waals surface area contributed by atoms with Crippen LogP contribution in [0.3, 0.4) is 0 Å². The third-order valence-corrected chi connectivity index (χ3v) is 3.93. The van der Waals surface area contributed by atoms with Crippen LogP contribution in [-0.2, 0) is 19.5 Å². The van der Waals surface area contributed by atoms with E-state index in [1.165, 1.54) is 17.0 Å². The topological polar surface area (TPSA) is 24.9 Å². The molecule has 102 valence electrons. The Labute approximate surface area is 115 Å². The number of hydrogen-bond donors (Lipinski definition) is 1. The van der Waals surface area contributed by atoms with Gasteiger partial charge < -0.3 is 5.32 Å². The fourth-order valence-corrected chi connectivity index (χ4v) is 2.52. The first-order valence-corrected chi connectivity index (χ1v) is 7.02. The maximum Gasteiger partial charge on any atom is 0.263 e. The van der Waals surface area contributed by atoms with Crippen LogP contribution in [0, 0.1) is 0 Å². The second-order valence-corrected chi connectivity index (χ2v) is 5.42. The first-order valence-electron chi connectivity index (χ1n) is 6.20. The maximum atomic E-state index is 12.4. The molecule has 1 N–H and O–H groups in total. The zero-order chi connectivity index (χ0) is 13.7. The molecular weight excluding hydrogens is 266 g/mol. The van der Waals surface area contributed by atoms with E-state index in [4.69, 9.17) is 0 Å². The van der Waals surface area contributed by atoms with Gasteiger partial charge in [-0.05, 0) is 12.0 Å². The van der Waals surface area contributed by atoms with Crippen LogP contribution in [0.1, 0.15) is 34.4 Å². The minimum Gasteiger partial charge on any atom is -0.306 e.